The van der Waals surface area contributed by atoms with Crippen LogP contribution in [0.15, 0.2) is 48.9 Å². The van der Waals surface area contributed by atoms with Crippen molar-refractivity contribution in [3.8, 4) is 22.4 Å². The average molecular weight is 327 g/mol. The minimum absolute atomic E-state index is 0.00736. The lowest BCUT2D eigenvalue weighted by Crippen LogP contribution is -2.15. The topological polar surface area (TPSA) is 30.7 Å². The van der Waals surface area contributed by atoms with E-state index in [1.54, 1.807) is 29.2 Å². The van der Waals surface area contributed by atoms with E-state index in [0.717, 1.165) is 5.56 Å². The summed E-state index contributed by atoms with van der Waals surface area (Å²) < 4.78 is 30.3. The van der Waals surface area contributed by atoms with Crippen molar-refractivity contribution in [2.75, 3.05) is 0 Å². The van der Waals surface area contributed by atoms with Gasteiger partial charge in [0.25, 0.3) is 0 Å². The Hall–Kier alpha value is -2.56. The number of rotatable bonds is 3. The van der Waals surface area contributed by atoms with Gasteiger partial charge in [0.1, 0.15) is 17.3 Å². The predicted molar refractivity (Wildman–Crippen MR) is 90.3 cm³/mol. The van der Waals surface area contributed by atoms with Crippen molar-refractivity contribution in [3.63, 3.8) is 0 Å². The molecule has 3 nitrogen and oxygen atoms in total. The Morgan fingerprint density at radius 1 is 1.00 bits per heavy atom. The van der Waals surface area contributed by atoms with Crippen molar-refractivity contribution in [1.29, 1.82) is 0 Å². The predicted octanol–water partition coefficient (Wildman–Crippen LogP) is 4.94. The minimum Gasteiger partial charge on any atom is -0.271 e. The summed E-state index contributed by atoms with van der Waals surface area (Å²) in [6.45, 7) is 6.90. The summed E-state index contributed by atoms with van der Waals surface area (Å²) in [7, 11) is 0. The molecule has 0 aliphatic rings. The van der Waals surface area contributed by atoms with Crippen LogP contribution >= 0.6 is 0 Å². The third-order valence-corrected chi connectivity index (χ3v) is 3.59. The Balaban J connectivity index is 2.20. The maximum Gasteiger partial charge on any atom is 0.135 e. The standard InChI is InChI=1S/C19H19F2N3/c1-19(2,3)12-24-11-14(13-7-9-22-10-8-13)18(23-24)17-15(20)5-4-6-16(17)21/h4-11H,12H2,1-3H3. The van der Waals surface area contributed by atoms with Crippen molar-refractivity contribution in [2.45, 2.75) is 27.3 Å². The van der Waals surface area contributed by atoms with Crippen LogP contribution in [0.25, 0.3) is 22.4 Å². The molecule has 0 unspecified atom stereocenters. The first-order valence-corrected chi connectivity index (χ1v) is 7.77. The van der Waals surface area contributed by atoms with Gasteiger partial charge >= 0.3 is 0 Å². The summed E-state index contributed by atoms with van der Waals surface area (Å²) in [5.74, 6) is -1.24. The number of nitrogens with zero attached hydrogens (tertiary/aromatic N) is 3. The lowest BCUT2D eigenvalue weighted by atomic mass is 9.97. The van der Waals surface area contributed by atoms with E-state index in [1.807, 2.05) is 6.20 Å². The molecule has 2 heterocycles. The summed E-state index contributed by atoms with van der Waals surface area (Å²) in [5, 5.41) is 4.48. The largest absolute Gasteiger partial charge is 0.271 e. The molecule has 0 bridgehead atoms. The fraction of sp³-hybridized carbons (Fsp3) is 0.263. The molecule has 3 aromatic rings. The summed E-state index contributed by atoms with van der Waals surface area (Å²) >= 11 is 0. The van der Waals surface area contributed by atoms with Crippen LogP contribution in [-0.2, 0) is 6.54 Å². The molecule has 1 aromatic carbocycles. The number of hydrogen-bond donors (Lipinski definition) is 0. The van der Waals surface area contributed by atoms with Crippen LogP contribution in [-0.4, -0.2) is 14.8 Å². The lowest BCUT2D eigenvalue weighted by molar-refractivity contribution is 0.326. The number of hydrogen-bond acceptors (Lipinski definition) is 2. The third-order valence-electron chi connectivity index (χ3n) is 3.59. The van der Waals surface area contributed by atoms with Gasteiger partial charge in [-0.3, -0.25) is 9.67 Å². The van der Waals surface area contributed by atoms with E-state index in [0.29, 0.717) is 17.8 Å². The number of aromatic nitrogens is 3. The van der Waals surface area contributed by atoms with Gasteiger partial charge in [-0.05, 0) is 35.2 Å². The number of pyridine rings is 1. The molecule has 124 valence electrons. The maximum absolute atomic E-state index is 14.3. The smallest absolute Gasteiger partial charge is 0.135 e. The molecule has 0 saturated carbocycles. The van der Waals surface area contributed by atoms with Gasteiger partial charge < -0.3 is 0 Å². The number of halogens is 2. The summed E-state index contributed by atoms with van der Waals surface area (Å²) in [5.41, 5.74) is 1.71. The van der Waals surface area contributed by atoms with Crippen LogP contribution in [0.1, 0.15) is 20.8 Å². The Kier molecular flexibility index (Phi) is 4.18. The van der Waals surface area contributed by atoms with Crippen molar-refractivity contribution >= 4 is 0 Å². The first-order valence-electron chi connectivity index (χ1n) is 7.77. The van der Waals surface area contributed by atoms with Crippen LogP contribution in [0.2, 0.25) is 0 Å². The maximum atomic E-state index is 14.3. The highest BCUT2D eigenvalue weighted by molar-refractivity contribution is 5.80. The molecular formula is C19H19F2N3. The van der Waals surface area contributed by atoms with E-state index >= 15 is 0 Å². The van der Waals surface area contributed by atoms with Crippen LogP contribution in [0, 0.1) is 17.0 Å². The zero-order valence-corrected chi connectivity index (χ0v) is 13.9. The molecule has 0 spiro atoms. The molecule has 3 rings (SSSR count). The molecule has 0 fully saturated rings. The SMILES string of the molecule is CC(C)(C)Cn1cc(-c2ccncc2)c(-c2c(F)cccc2F)n1. The highest BCUT2D eigenvalue weighted by Crippen LogP contribution is 2.34. The van der Waals surface area contributed by atoms with Crippen LogP contribution in [0.4, 0.5) is 8.78 Å². The quantitative estimate of drug-likeness (QED) is 0.682. The van der Waals surface area contributed by atoms with Gasteiger partial charge in [-0.15, -0.1) is 0 Å². The molecule has 2 aromatic heterocycles. The second kappa shape index (κ2) is 6.15. The van der Waals surface area contributed by atoms with Crippen molar-refractivity contribution in [1.82, 2.24) is 14.8 Å². The van der Waals surface area contributed by atoms with Crippen LogP contribution in [0.3, 0.4) is 0 Å². The van der Waals surface area contributed by atoms with Gasteiger partial charge in [-0.2, -0.15) is 5.10 Å². The fourth-order valence-corrected chi connectivity index (χ4v) is 2.64. The zero-order valence-electron chi connectivity index (χ0n) is 13.9. The molecule has 24 heavy (non-hydrogen) atoms. The molecule has 0 N–H and O–H groups in total. The zero-order chi connectivity index (χ0) is 17.3. The molecule has 0 aliphatic heterocycles. The molecule has 0 atom stereocenters. The highest BCUT2D eigenvalue weighted by Gasteiger charge is 2.21. The third kappa shape index (κ3) is 3.35. The van der Waals surface area contributed by atoms with E-state index in [4.69, 9.17) is 0 Å². The van der Waals surface area contributed by atoms with Gasteiger partial charge in [0.15, 0.2) is 0 Å². The van der Waals surface area contributed by atoms with Gasteiger partial charge in [-0.25, -0.2) is 8.78 Å². The van der Waals surface area contributed by atoms with E-state index in [1.165, 1.54) is 18.2 Å². The van der Waals surface area contributed by atoms with Crippen molar-refractivity contribution in [2.24, 2.45) is 5.41 Å². The first kappa shape index (κ1) is 16.3. The Morgan fingerprint density at radius 2 is 1.62 bits per heavy atom. The Morgan fingerprint density at radius 3 is 2.21 bits per heavy atom. The van der Waals surface area contributed by atoms with E-state index < -0.39 is 11.6 Å². The summed E-state index contributed by atoms with van der Waals surface area (Å²) in [4.78, 5) is 4.00. The first-order chi connectivity index (χ1) is 11.3. The molecule has 0 saturated heterocycles. The van der Waals surface area contributed by atoms with Crippen LogP contribution in [0.5, 0.6) is 0 Å². The lowest BCUT2D eigenvalue weighted by Gasteiger charge is -2.17. The van der Waals surface area contributed by atoms with Crippen LogP contribution < -0.4 is 0 Å². The average Bonchev–Trinajstić information content (AvgIpc) is 2.89. The fourth-order valence-electron chi connectivity index (χ4n) is 2.64. The molecule has 0 amide bonds. The number of benzene rings is 1. The van der Waals surface area contributed by atoms with E-state index in [2.05, 4.69) is 30.9 Å². The molecule has 0 aliphatic carbocycles. The monoisotopic (exact) mass is 327 g/mol. The highest BCUT2D eigenvalue weighted by atomic mass is 19.1. The van der Waals surface area contributed by atoms with Crippen molar-refractivity contribution in [3.05, 3.63) is 60.6 Å². The second-order valence-corrected chi connectivity index (χ2v) is 6.98. The summed E-state index contributed by atoms with van der Waals surface area (Å²) in [6.07, 6.45) is 5.14. The van der Waals surface area contributed by atoms with Crippen molar-refractivity contribution < 1.29 is 8.78 Å². The van der Waals surface area contributed by atoms with Gasteiger partial charge in [-0.1, -0.05) is 26.8 Å². The Bertz CT molecular complexity index is 829. The molecule has 5 heteroatoms. The van der Waals surface area contributed by atoms with Gasteiger partial charge in [0, 0.05) is 30.7 Å². The molecule has 0 radical (unpaired) electrons. The second-order valence-electron chi connectivity index (χ2n) is 6.98. The summed E-state index contributed by atoms with van der Waals surface area (Å²) in [6, 6.07) is 7.46. The Labute approximate surface area is 140 Å². The minimum atomic E-state index is -0.619. The van der Waals surface area contributed by atoms with E-state index in [-0.39, 0.29) is 11.0 Å². The normalized spacial score (nSPS) is 11.7. The molecular weight excluding hydrogens is 308 g/mol. The van der Waals surface area contributed by atoms with Gasteiger partial charge in [0.05, 0.1) is 5.56 Å². The van der Waals surface area contributed by atoms with E-state index in [9.17, 15) is 8.78 Å². The van der Waals surface area contributed by atoms with Gasteiger partial charge in [0.2, 0.25) is 0 Å².